The first-order valence-corrected chi connectivity index (χ1v) is 9.86. The van der Waals surface area contributed by atoms with E-state index in [-0.39, 0.29) is 18.6 Å². The number of urea groups is 1. The molecule has 2 N–H and O–H groups in total. The Morgan fingerprint density at radius 2 is 1.87 bits per heavy atom. The van der Waals surface area contributed by atoms with E-state index in [0.717, 1.165) is 22.0 Å². The summed E-state index contributed by atoms with van der Waals surface area (Å²) in [7, 11) is 0. The minimum Gasteiger partial charge on any atom is -0.467 e. The first-order chi connectivity index (χ1) is 14.9. The van der Waals surface area contributed by atoms with Crippen molar-refractivity contribution in [2.75, 3.05) is 5.32 Å². The summed E-state index contributed by atoms with van der Waals surface area (Å²) >= 11 is 0. The average Bonchev–Trinajstić information content (AvgIpc) is 3.23. The minimum absolute atomic E-state index is 0.0757. The van der Waals surface area contributed by atoms with E-state index >= 15 is 0 Å². The van der Waals surface area contributed by atoms with Crippen LogP contribution in [0.5, 0.6) is 0 Å². The van der Waals surface area contributed by atoms with Gasteiger partial charge in [0.25, 0.3) is 5.56 Å². The van der Waals surface area contributed by atoms with E-state index in [0.29, 0.717) is 17.0 Å². The van der Waals surface area contributed by atoms with Gasteiger partial charge in [-0.25, -0.2) is 9.18 Å². The van der Waals surface area contributed by atoms with Gasteiger partial charge < -0.3 is 19.6 Å². The molecule has 6 nitrogen and oxygen atoms in total. The van der Waals surface area contributed by atoms with Crippen LogP contribution >= 0.6 is 0 Å². The fraction of sp³-hybridized carbons (Fsp3) is 0.167. The number of carbonyl (C=O) groups excluding carboxylic acids is 1. The zero-order valence-corrected chi connectivity index (χ0v) is 17.2. The van der Waals surface area contributed by atoms with Crippen LogP contribution in [0.2, 0.25) is 0 Å². The highest BCUT2D eigenvalue weighted by molar-refractivity contribution is 5.89. The van der Waals surface area contributed by atoms with Gasteiger partial charge in [-0.3, -0.25) is 4.79 Å². The van der Waals surface area contributed by atoms with Crippen LogP contribution in [0, 0.1) is 19.7 Å². The lowest BCUT2D eigenvalue weighted by atomic mass is 10.0. The molecular formula is C24H22FN3O3. The third-order valence-corrected chi connectivity index (χ3v) is 5.06. The average molecular weight is 419 g/mol. The molecule has 0 aliphatic carbocycles. The maximum atomic E-state index is 13.2. The second kappa shape index (κ2) is 8.47. The number of H-pyrrole nitrogens is 1. The summed E-state index contributed by atoms with van der Waals surface area (Å²) in [5.41, 5.74) is 3.53. The van der Waals surface area contributed by atoms with E-state index in [2.05, 4.69) is 10.3 Å². The Morgan fingerprint density at radius 3 is 2.58 bits per heavy atom. The number of rotatable bonds is 5. The highest BCUT2D eigenvalue weighted by atomic mass is 19.1. The summed E-state index contributed by atoms with van der Waals surface area (Å²) in [6, 6.07) is 14.4. The van der Waals surface area contributed by atoms with Gasteiger partial charge in [0.2, 0.25) is 0 Å². The number of halogens is 1. The molecule has 2 heterocycles. The number of hydrogen-bond acceptors (Lipinski definition) is 3. The maximum Gasteiger partial charge on any atom is 0.322 e. The molecule has 0 unspecified atom stereocenters. The van der Waals surface area contributed by atoms with Gasteiger partial charge in [-0.1, -0.05) is 6.07 Å². The lowest BCUT2D eigenvalue weighted by molar-refractivity contribution is 0.201. The van der Waals surface area contributed by atoms with E-state index in [1.54, 1.807) is 12.1 Å². The van der Waals surface area contributed by atoms with Crippen molar-refractivity contribution in [3.8, 4) is 0 Å². The predicted molar refractivity (Wildman–Crippen MR) is 117 cm³/mol. The largest absolute Gasteiger partial charge is 0.467 e. The highest BCUT2D eigenvalue weighted by Gasteiger charge is 2.18. The minimum atomic E-state index is -0.428. The summed E-state index contributed by atoms with van der Waals surface area (Å²) < 4.78 is 18.6. The molecule has 158 valence electrons. The Kier molecular flexibility index (Phi) is 5.58. The number of nitrogens with zero attached hydrogens (tertiary/aromatic N) is 1. The first kappa shape index (κ1) is 20.4. The molecule has 4 rings (SSSR count). The second-order valence-corrected chi connectivity index (χ2v) is 7.54. The number of aromatic amines is 1. The molecule has 2 aromatic carbocycles. The van der Waals surface area contributed by atoms with E-state index in [1.165, 1.54) is 35.4 Å². The van der Waals surface area contributed by atoms with Crippen LogP contribution in [-0.2, 0) is 13.1 Å². The monoisotopic (exact) mass is 419 g/mol. The van der Waals surface area contributed by atoms with Gasteiger partial charge in [0.1, 0.15) is 11.6 Å². The molecule has 31 heavy (non-hydrogen) atoms. The predicted octanol–water partition coefficient (Wildman–Crippen LogP) is 5.11. The zero-order valence-electron chi connectivity index (χ0n) is 17.2. The zero-order chi connectivity index (χ0) is 22.0. The number of hydrogen-bond donors (Lipinski definition) is 2. The summed E-state index contributed by atoms with van der Waals surface area (Å²) in [5, 5.41) is 3.67. The van der Waals surface area contributed by atoms with E-state index < -0.39 is 11.8 Å². The van der Waals surface area contributed by atoms with Crippen LogP contribution in [-0.4, -0.2) is 15.9 Å². The summed E-state index contributed by atoms with van der Waals surface area (Å²) in [4.78, 5) is 30.1. The van der Waals surface area contributed by atoms with Crippen molar-refractivity contribution in [3.63, 3.8) is 0 Å². The Bertz CT molecular complexity index is 1280. The molecule has 0 atom stereocenters. The van der Waals surface area contributed by atoms with Crippen molar-refractivity contribution >= 4 is 22.6 Å². The SMILES string of the molecule is Cc1cc(C)c2cc(CN(Cc3ccco3)C(=O)Nc3ccc(F)cc3)c(=O)[nH]c2c1. The number of fused-ring (bicyclic) bond motifs is 1. The molecule has 0 aliphatic heterocycles. The molecule has 7 heteroatoms. The first-order valence-electron chi connectivity index (χ1n) is 9.86. The Labute approximate surface area is 178 Å². The molecule has 0 radical (unpaired) electrons. The van der Waals surface area contributed by atoms with Crippen molar-refractivity contribution in [2.45, 2.75) is 26.9 Å². The number of aromatic nitrogens is 1. The lowest BCUT2D eigenvalue weighted by Crippen LogP contribution is -2.35. The van der Waals surface area contributed by atoms with E-state index in [9.17, 15) is 14.0 Å². The molecule has 0 spiro atoms. The van der Waals surface area contributed by atoms with E-state index in [1.807, 2.05) is 32.0 Å². The number of anilines is 1. The van der Waals surface area contributed by atoms with Crippen LogP contribution in [0.3, 0.4) is 0 Å². The third-order valence-electron chi connectivity index (χ3n) is 5.06. The van der Waals surface area contributed by atoms with Crippen LogP contribution in [0.1, 0.15) is 22.5 Å². The molecule has 0 saturated carbocycles. The van der Waals surface area contributed by atoms with Gasteiger partial charge in [-0.15, -0.1) is 0 Å². The second-order valence-electron chi connectivity index (χ2n) is 7.54. The Hall–Kier alpha value is -3.87. The van der Waals surface area contributed by atoms with Gasteiger partial charge >= 0.3 is 6.03 Å². The van der Waals surface area contributed by atoms with Gasteiger partial charge in [0.05, 0.1) is 19.4 Å². The van der Waals surface area contributed by atoms with Gasteiger partial charge in [0.15, 0.2) is 0 Å². The topological polar surface area (TPSA) is 78.3 Å². The maximum absolute atomic E-state index is 13.2. The molecule has 0 aliphatic rings. The molecule has 0 bridgehead atoms. The van der Waals surface area contributed by atoms with Crippen LogP contribution < -0.4 is 10.9 Å². The number of aryl methyl sites for hydroxylation is 2. The molecular weight excluding hydrogens is 397 g/mol. The number of carbonyl (C=O) groups is 1. The number of pyridine rings is 1. The number of amides is 2. The fourth-order valence-electron chi connectivity index (χ4n) is 3.57. The summed E-state index contributed by atoms with van der Waals surface area (Å²) in [6.45, 7) is 4.21. The van der Waals surface area contributed by atoms with Crippen LogP contribution in [0.25, 0.3) is 10.9 Å². The Morgan fingerprint density at radius 1 is 1.10 bits per heavy atom. The lowest BCUT2D eigenvalue weighted by Gasteiger charge is -2.22. The molecule has 4 aromatic rings. The number of benzene rings is 2. The van der Waals surface area contributed by atoms with Gasteiger partial charge in [-0.05, 0) is 73.5 Å². The van der Waals surface area contributed by atoms with Crippen molar-refractivity contribution in [1.82, 2.24) is 9.88 Å². The Balaban J connectivity index is 1.65. The molecule has 2 amide bonds. The standard InChI is InChI=1S/C24H22FN3O3/c1-15-10-16(2)21-12-17(23(29)27-22(21)11-15)13-28(14-20-4-3-9-31-20)24(30)26-19-7-5-18(25)6-8-19/h3-12H,13-14H2,1-2H3,(H,26,30)(H,27,29). The van der Waals surface area contributed by atoms with E-state index in [4.69, 9.17) is 4.42 Å². The van der Waals surface area contributed by atoms with Crippen molar-refractivity contribution in [1.29, 1.82) is 0 Å². The quantitative estimate of drug-likeness (QED) is 0.472. The van der Waals surface area contributed by atoms with Crippen LogP contribution in [0.4, 0.5) is 14.9 Å². The third kappa shape index (κ3) is 4.66. The molecule has 0 saturated heterocycles. The van der Waals surface area contributed by atoms with Crippen molar-refractivity contribution in [2.24, 2.45) is 0 Å². The molecule has 2 aromatic heterocycles. The van der Waals surface area contributed by atoms with Crippen molar-refractivity contribution in [3.05, 3.63) is 99.5 Å². The van der Waals surface area contributed by atoms with Crippen LogP contribution in [0.15, 0.2) is 70.1 Å². The van der Waals surface area contributed by atoms with Gasteiger partial charge in [-0.2, -0.15) is 0 Å². The van der Waals surface area contributed by atoms with Crippen molar-refractivity contribution < 1.29 is 13.6 Å². The normalized spacial score (nSPS) is 10.9. The van der Waals surface area contributed by atoms with Gasteiger partial charge in [0, 0.05) is 22.2 Å². The smallest absolute Gasteiger partial charge is 0.322 e. The fourth-order valence-corrected chi connectivity index (χ4v) is 3.57. The number of furan rings is 1. The summed E-state index contributed by atoms with van der Waals surface area (Å²) in [6.07, 6.45) is 1.53. The molecule has 0 fully saturated rings. The summed E-state index contributed by atoms with van der Waals surface area (Å²) in [5.74, 6) is 0.192. The number of nitrogens with one attached hydrogen (secondary N) is 2. The highest BCUT2D eigenvalue weighted by Crippen LogP contribution is 2.20.